The van der Waals surface area contributed by atoms with Gasteiger partial charge in [-0.15, -0.1) is 0 Å². The van der Waals surface area contributed by atoms with E-state index in [9.17, 15) is 4.79 Å². The van der Waals surface area contributed by atoms with Gasteiger partial charge in [-0.1, -0.05) is 19.3 Å². The van der Waals surface area contributed by atoms with Crippen LogP contribution < -0.4 is 10.6 Å². The van der Waals surface area contributed by atoms with Crippen molar-refractivity contribution in [2.45, 2.75) is 50.9 Å². The highest BCUT2D eigenvalue weighted by Crippen LogP contribution is 2.32. The zero-order valence-electron chi connectivity index (χ0n) is 12.9. The maximum Gasteiger partial charge on any atom is 0.228 e. The molecule has 2 heterocycles. The topological polar surface area (TPSA) is 59.0 Å². The van der Waals surface area contributed by atoms with Gasteiger partial charge in [0, 0.05) is 24.9 Å². The molecule has 0 bridgehead atoms. The molecule has 1 aromatic heterocycles. The molecule has 2 N–H and O–H groups in total. The van der Waals surface area contributed by atoms with Crippen LogP contribution >= 0.6 is 0 Å². The van der Waals surface area contributed by atoms with Gasteiger partial charge in [0.25, 0.3) is 0 Å². The summed E-state index contributed by atoms with van der Waals surface area (Å²) in [4.78, 5) is 12.3. The molecule has 1 aliphatic heterocycles. The van der Waals surface area contributed by atoms with Crippen molar-refractivity contribution in [3.63, 3.8) is 0 Å². The van der Waals surface area contributed by atoms with Gasteiger partial charge < -0.3 is 10.6 Å². The largest absolute Gasteiger partial charge is 0.317 e. The second-order valence-corrected chi connectivity index (χ2v) is 6.43. The minimum Gasteiger partial charge on any atom is -0.317 e. The minimum absolute atomic E-state index is 0.138. The SMILES string of the molecule is Cn1nc(C2CCCCC2)cc1NC(=O)C1CCNCC1. The molecular weight excluding hydrogens is 264 g/mol. The van der Waals surface area contributed by atoms with E-state index in [0.29, 0.717) is 5.92 Å². The van der Waals surface area contributed by atoms with Gasteiger partial charge in [-0.25, -0.2) is 0 Å². The standard InChI is InChI=1S/C16H26N4O/c1-20-15(18-16(21)13-7-9-17-10-8-13)11-14(19-20)12-5-3-2-4-6-12/h11-13,17H,2-10H2,1H3,(H,18,21). The molecule has 5 heteroatoms. The average molecular weight is 290 g/mol. The molecule has 3 rings (SSSR count). The third-order valence-corrected chi connectivity index (χ3v) is 4.88. The number of amides is 1. The number of hydrogen-bond donors (Lipinski definition) is 2. The third-order valence-electron chi connectivity index (χ3n) is 4.88. The van der Waals surface area contributed by atoms with Crippen LogP contribution in [0.15, 0.2) is 6.07 Å². The smallest absolute Gasteiger partial charge is 0.228 e. The van der Waals surface area contributed by atoms with Crippen LogP contribution in [0.4, 0.5) is 5.82 Å². The number of piperidine rings is 1. The lowest BCUT2D eigenvalue weighted by Crippen LogP contribution is -2.34. The van der Waals surface area contributed by atoms with Gasteiger partial charge in [0.15, 0.2) is 0 Å². The number of carbonyl (C=O) groups excluding carboxylic acids is 1. The number of rotatable bonds is 3. The van der Waals surface area contributed by atoms with Crippen molar-refractivity contribution in [2.75, 3.05) is 18.4 Å². The van der Waals surface area contributed by atoms with Crippen molar-refractivity contribution in [3.8, 4) is 0 Å². The Balaban J connectivity index is 1.64. The molecular formula is C16H26N4O. The molecule has 1 aliphatic carbocycles. The molecule has 1 saturated heterocycles. The zero-order chi connectivity index (χ0) is 14.7. The van der Waals surface area contributed by atoms with Gasteiger partial charge in [0.1, 0.15) is 5.82 Å². The van der Waals surface area contributed by atoms with Crippen LogP contribution in [-0.2, 0) is 11.8 Å². The van der Waals surface area contributed by atoms with Crippen molar-refractivity contribution in [3.05, 3.63) is 11.8 Å². The molecule has 2 fully saturated rings. The van der Waals surface area contributed by atoms with Crippen molar-refractivity contribution in [1.29, 1.82) is 0 Å². The van der Waals surface area contributed by atoms with E-state index >= 15 is 0 Å². The molecule has 0 aromatic carbocycles. The summed E-state index contributed by atoms with van der Waals surface area (Å²) in [7, 11) is 1.92. The number of nitrogens with one attached hydrogen (secondary N) is 2. The number of carbonyl (C=O) groups is 1. The van der Waals surface area contributed by atoms with E-state index < -0.39 is 0 Å². The zero-order valence-corrected chi connectivity index (χ0v) is 12.9. The second-order valence-electron chi connectivity index (χ2n) is 6.43. The number of anilines is 1. The van der Waals surface area contributed by atoms with Gasteiger partial charge in [0.2, 0.25) is 5.91 Å². The fourth-order valence-corrected chi connectivity index (χ4v) is 3.52. The van der Waals surface area contributed by atoms with E-state index in [0.717, 1.165) is 37.4 Å². The molecule has 0 atom stereocenters. The highest BCUT2D eigenvalue weighted by molar-refractivity contribution is 5.91. The van der Waals surface area contributed by atoms with E-state index in [2.05, 4.69) is 21.8 Å². The normalized spacial score (nSPS) is 21.4. The lowest BCUT2D eigenvalue weighted by molar-refractivity contribution is -0.120. The predicted octanol–water partition coefficient (Wildman–Crippen LogP) is 2.41. The third kappa shape index (κ3) is 3.46. The summed E-state index contributed by atoms with van der Waals surface area (Å²) < 4.78 is 1.82. The molecule has 0 spiro atoms. The number of nitrogens with zero attached hydrogens (tertiary/aromatic N) is 2. The maximum absolute atomic E-state index is 12.3. The van der Waals surface area contributed by atoms with Crippen molar-refractivity contribution < 1.29 is 4.79 Å². The summed E-state index contributed by atoms with van der Waals surface area (Å²) in [5.74, 6) is 1.71. The fourth-order valence-electron chi connectivity index (χ4n) is 3.52. The Morgan fingerprint density at radius 3 is 2.67 bits per heavy atom. The molecule has 2 aliphatic rings. The van der Waals surface area contributed by atoms with Crippen LogP contribution in [0.1, 0.15) is 56.6 Å². The van der Waals surface area contributed by atoms with E-state index in [1.807, 2.05) is 11.7 Å². The predicted molar refractivity (Wildman–Crippen MR) is 83.3 cm³/mol. The summed E-state index contributed by atoms with van der Waals surface area (Å²) in [6.07, 6.45) is 8.29. The van der Waals surface area contributed by atoms with Crippen LogP contribution in [0.25, 0.3) is 0 Å². The number of aryl methyl sites for hydroxylation is 1. The highest BCUT2D eigenvalue weighted by Gasteiger charge is 2.23. The Hall–Kier alpha value is -1.36. The first-order valence-electron chi connectivity index (χ1n) is 8.29. The van der Waals surface area contributed by atoms with E-state index in [1.165, 1.54) is 32.1 Å². The lowest BCUT2D eigenvalue weighted by atomic mass is 9.87. The monoisotopic (exact) mass is 290 g/mol. The Bertz CT molecular complexity index is 484. The molecule has 1 saturated carbocycles. The minimum atomic E-state index is 0.138. The van der Waals surface area contributed by atoms with Gasteiger partial charge in [-0.2, -0.15) is 5.10 Å². The molecule has 1 amide bonds. The number of aromatic nitrogens is 2. The first-order valence-corrected chi connectivity index (χ1v) is 8.29. The van der Waals surface area contributed by atoms with Crippen LogP contribution in [-0.4, -0.2) is 28.8 Å². The summed E-state index contributed by atoms with van der Waals surface area (Å²) in [6.45, 7) is 1.88. The molecule has 21 heavy (non-hydrogen) atoms. The van der Waals surface area contributed by atoms with Crippen LogP contribution in [0.2, 0.25) is 0 Å². The summed E-state index contributed by atoms with van der Waals surface area (Å²) in [5.41, 5.74) is 1.15. The Morgan fingerprint density at radius 1 is 1.24 bits per heavy atom. The first-order chi connectivity index (χ1) is 10.2. The summed E-state index contributed by atoms with van der Waals surface area (Å²) >= 11 is 0. The van der Waals surface area contributed by atoms with Gasteiger partial charge in [-0.05, 0) is 38.8 Å². The van der Waals surface area contributed by atoms with Crippen molar-refractivity contribution in [1.82, 2.24) is 15.1 Å². The lowest BCUT2D eigenvalue weighted by Gasteiger charge is -2.21. The Kier molecular flexibility index (Phi) is 4.58. The Labute approximate surface area is 126 Å². The van der Waals surface area contributed by atoms with Crippen LogP contribution in [0.5, 0.6) is 0 Å². The summed E-state index contributed by atoms with van der Waals surface area (Å²) in [6, 6.07) is 2.08. The van der Waals surface area contributed by atoms with E-state index in [4.69, 9.17) is 0 Å². The highest BCUT2D eigenvalue weighted by atomic mass is 16.2. The molecule has 116 valence electrons. The Morgan fingerprint density at radius 2 is 1.95 bits per heavy atom. The molecule has 1 aromatic rings. The first kappa shape index (κ1) is 14.6. The summed E-state index contributed by atoms with van der Waals surface area (Å²) in [5, 5.41) is 11.0. The molecule has 0 unspecified atom stereocenters. The molecule has 0 radical (unpaired) electrons. The quantitative estimate of drug-likeness (QED) is 0.898. The fraction of sp³-hybridized carbons (Fsp3) is 0.750. The molecule has 5 nitrogen and oxygen atoms in total. The number of hydrogen-bond acceptors (Lipinski definition) is 3. The van der Waals surface area contributed by atoms with Gasteiger partial charge in [-0.3, -0.25) is 9.48 Å². The second kappa shape index (κ2) is 6.60. The maximum atomic E-state index is 12.3. The van der Waals surface area contributed by atoms with Crippen LogP contribution in [0.3, 0.4) is 0 Å². The van der Waals surface area contributed by atoms with Crippen molar-refractivity contribution >= 4 is 11.7 Å². The van der Waals surface area contributed by atoms with Gasteiger partial charge in [0.05, 0.1) is 5.69 Å². The van der Waals surface area contributed by atoms with Gasteiger partial charge >= 0.3 is 0 Å². The van der Waals surface area contributed by atoms with E-state index in [1.54, 1.807) is 0 Å². The van der Waals surface area contributed by atoms with Crippen LogP contribution in [0, 0.1) is 5.92 Å². The average Bonchev–Trinajstić information content (AvgIpc) is 2.90. The van der Waals surface area contributed by atoms with E-state index in [-0.39, 0.29) is 11.8 Å². The van der Waals surface area contributed by atoms with Crippen molar-refractivity contribution in [2.24, 2.45) is 13.0 Å².